The molecular weight excluding hydrogens is 232 g/mol. The normalized spacial score (nSPS) is 20.0. The summed E-state index contributed by atoms with van der Waals surface area (Å²) in [6, 6.07) is 0. The Morgan fingerprint density at radius 2 is 1.94 bits per heavy atom. The molecule has 0 aromatic heterocycles. The van der Waals surface area contributed by atoms with Gasteiger partial charge in [-0.25, -0.2) is 0 Å². The molecule has 0 amide bonds. The zero-order chi connectivity index (χ0) is 13.6. The van der Waals surface area contributed by atoms with Crippen molar-refractivity contribution in [2.75, 3.05) is 0 Å². The maximum absolute atomic E-state index is 10.3. The lowest BCUT2D eigenvalue weighted by Crippen LogP contribution is -2.13. The molecule has 1 saturated heterocycles. The summed E-state index contributed by atoms with van der Waals surface area (Å²) in [5, 5.41) is 16.2. The van der Waals surface area contributed by atoms with Gasteiger partial charge in [0.25, 0.3) is 0 Å². The summed E-state index contributed by atoms with van der Waals surface area (Å²) in [4.78, 5) is 40.4. The van der Waals surface area contributed by atoms with Gasteiger partial charge in [-0.15, -0.1) is 0 Å². The van der Waals surface area contributed by atoms with Gasteiger partial charge in [0, 0.05) is 0 Å². The maximum Gasteiger partial charge on any atom is 0.316 e. The Balaban J connectivity index is 0.000000302. The van der Waals surface area contributed by atoms with Crippen molar-refractivity contribution in [3.8, 4) is 0 Å². The lowest BCUT2D eigenvalue weighted by molar-refractivity contribution is -0.153. The second-order valence-electron chi connectivity index (χ2n) is 3.74. The van der Waals surface area contributed by atoms with Crippen LogP contribution in [0.3, 0.4) is 0 Å². The minimum Gasteiger partial charge on any atom is -0.481 e. The van der Waals surface area contributed by atoms with Crippen LogP contribution in [0.5, 0.6) is 0 Å². The van der Waals surface area contributed by atoms with Crippen LogP contribution in [-0.4, -0.2) is 34.1 Å². The molecule has 1 heterocycles. The first-order valence-corrected chi connectivity index (χ1v) is 4.93. The van der Waals surface area contributed by atoms with E-state index in [4.69, 9.17) is 10.2 Å². The summed E-state index contributed by atoms with van der Waals surface area (Å²) in [6.07, 6.45) is -0.0613. The molecule has 0 bridgehead atoms. The number of esters is 2. The smallest absolute Gasteiger partial charge is 0.316 e. The van der Waals surface area contributed by atoms with E-state index in [9.17, 15) is 19.2 Å². The number of carbonyl (C=O) groups excluding carboxylic acids is 2. The largest absolute Gasteiger partial charge is 0.481 e. The first-order valence-electron chi connectivity index (χ1n) is 4.93. The van der Waals surface area contributed by atoms with Crippen molar-refractivity contribution in [2.24, 2.45) is 11.8 Å². The molecular formula is C10H14O7. The van der Waals surface area contributed by atoms with Crippen molar-refractivity contribution in [3.63, 3.8) is 0 Å². The van der Waals surface area contributed by atoms with Gasteiger partial charge < -0.3 is 14.9 Å². The van der Waals surface area contributed by atoms with E-state index in [0.717, 1.165) is 0 Å². The van der Waals surface area contributed by atoms with Crippen LogP contribution in [0.4, 0.5) is 0 Å². The summed E-state index contributed by atoms with van der Waals surface area (Å²) in [7, 11) is 0. The van der Waals surface area contributed by atoms with Crippen molar-refractivity contribution < 1.29 is 34.1 Å². The van der Waals surface area contributed by atoms with E-state index >= 15 is 0 Å². The summed E-state index contributed by atoms with van der Waals surface area (Å²) < 4.78 is 4.20. The van der Waals surface area contributed by atoms with Gasteiger partial charge in [-0.05, 0) is 0 Å². The van der Waals surface area contributed by atoms with Crippen molar-refractivity contribution in [3.05, 3.63) is 0 Å². The first-order chi connectivity index (χ1) is 7.73. The highest BCUT2D eigenvalue weighted by molar-refractivity contribution is 5.94. The highest BCUT2D eigenvalue weighted by Crippen LogP contribution is 2.13. The summed E-state index contributed by atoms with van der Waals surface area (Å²) >= 11 is 0. The summed E-state index contributed by atoms with van der Waals surface area (Å²) in [6.45, 7) is 3.03. The molecule has 1 aliphatic heterocycles. The highest BCUT2D eigenvalue weighted by Gasteiger charge is 2.28. The molecule has 1 aliphatic rings. The fraction of sp³-hybridized carbons (Fsp3) is 0.600. The third kappa shape index (κ3) is 6.29. The van der Waals surface area contributed by atoms with Gasteiger partial charge in [-0.1, -0.05) is 13.8 Å². The van der Waals surface area contributed by atoms with Crippen molar-refractivity contribution in [2.45, 2.75) is 26.7 Å². The first kappa shape index (κ1) is 15.1. The molecule has 1 fully saturated rings. The third-order valence-corrected chi connectivity index (χ3v) is 1.99. The van der Waals surface area contributed by atoms with Crippen LogP contribution in [0.2, 0.25) is 0 Å². The Hall–Kier alpha value is -1.92. The summed E-state index contributed by atoms with van der Waals surface area (Å²) in [5.74, 6) is -3.95. The predicted molar refractivity (Wildman–Crippen MR) is 53.9 cm³/mol. The molecule has 7 nitrogen and oxygen atoms in total. The van der Waals surface area contributed by atoms with Gasteiger partial charge in [0.2, 0.25) is 0 Å². The third-order valence-electron chi connectivity index (χ3n) is 1.99. The zero-order valence-electron chi connectivity index (χ0n) is 9.50. The van der Waals surface area contributed by atoms with E-state index in [0.29, 0.717) is 0 Å². The van der Waals surface area contributed by atoms with Crippen LogP contribution in [0.25, 0.3) is 0 Å². The average Bonchev–Trinajstić information content (AvgIpc) is 2.43. The van der Waals surface area contributed by atoms with E-state index in [-0.39, 0.29) is 18.8 Å². The molecule has 7 heteroatoms. The Kier molecular flexibility index (Phi) is 5.87. The van der Waals surface area contributed by atoms with Gasteiger partial charge in [0.1, 0.15) is 0 Å². The van der Waals surface area contributed by atoms with Crippen LogP contribution in [-0.2, 0) is 23.9 Å². The molecule has 2 atom stereocenters. The van der Waals surface area contributed by atoms with Gasteiger partial charge in [-0.3, -0.25) is 19.2 Å². The highest BCUT2D eigenvalue weighted by atomic mass is 16.6. The number of aliphatic carboxylic acids is 2. The van der Waals surface area contributed by atoms with Crippen LogP contribution in [0.15, 0.2) is 0 Å². The lowest BCUT2D eigenvalue weighted by atomic mass is 10.1. The van der Waals surface area contributed by atoms with E-state index in [2.05, 4.69) is 4.74 Å². The number of cyclic esters (lactones) is 2. The van der Waals surface area contributed by atoms with E-state index < -0.39 is 29.8 Å². The van der Waals surface area contributed by atoms with Crippen molar-refractivity contribution in [1.82, 2.24) is 0 Å². The number of carboxylic acid groups (broad SMARTS) is 2. The van der Waals surface area contributed by atoms with Gasteiger partial charge in [-0.2, -0.15) is 0 Å². The molecule has 0 radical (unpaired) electrons. The Bertz CT molecular complexity index is 334. The van der Waals surface area contributed by atoms with Gasteiger partial charge in [0.05, 0.1) is 24.7 Å². The molecule has 2 unspecified atom stereocenters. The second kappa shape index (κ2) is 6.62. The van der Waals surface area contributed by atoms with E-state index in [1.165, 1.54) is 6.92 Å². The van der Waals surface area contributed by atoms with Gasteiger partial charge in [0.15, 0.2) is 0 Å². The van der Waals surface area contributed by atoms with E-state index in [1.807, 2.05) is 0 Å². The second-order valence-corrected chi connectivity index (χ2v) is 3.74. The molecule has 0 aromatic carbocycles. The molecule has 96 valence electrons. The SMILES string of the molecule is CC(CC(=O)O)C(=O)O.CC1CC(=O)OC1=O. The fourth-order valence-corrected chi connectivity index (χ4v) is 0.937. The zero-order valence-corrected chi connectivity index (χ0v) is 9.50. The number of carboxylic acids is 2. The molecule has 0 aromatic rings. The Morgan fingerprint density at radius 1 is 1.41 bits per heavy atom. The molecule has 2 N–H and O–H groups in total. The number of hydrogen-bond donors (Lipinski definition) is 2. The molecule has 1 rings (SSSR count). The number of rotatable bonds is 3. The number of ether oxygens (including phenoxy) is 1. The Morgan fingerprint density at radius 3 is 2.06 bits per heavy atom. The molecule has 0 spiro atoms. The quantitative estimate of drug-likeness (QED) is 0.542. The molecule has 17 heavy (non-hydrogen) atoms. The van der Waals surface area contributed by atoms with Crippen LogP contribution < -0.4 is 0 Å². The minimum atomic E-state index is -1.08. The van der Waals surface area contributed by atoms with Gasteiger partial charge >= 0.3 is 23.9 Å². The van der Waals surface area contributed by atoms with Crippen LogP contribution in [0.1, 0.15) is 26.7 Å². The maximum atomic E-state index is 10.3. The van der Waals surface area contributed by atoms with Crippen LogP contribution >= 0.6 is 0 Å². The lowest BCUT2D eigenvalue weighted by Gasteiger charge is -1.98. The summed E-state index contributed by atoms with van der Waals surface area (Å²) in [5.41, 5.74) is 0. The standard InChI is InChI=1S/C5H8O4.C5H6O3/c1-3(5(8)9)2-4(6)7;1-3-2-4(6)8-5(3)7/h3H,2H2,1H3,(H,6,7)(H,8,9);3H,2H2,1H3. The fourth-order valence-electron chi connectivity index (χ4n) is 0.937. The Labute approximate surface area is 97.4 Å². The topological polar surface area (TPSA) is 118 Å². The minimum absolute atomic E-state index is 0.220. The molecule has 0 saturated carbocycles. The monoisotopic (exact) mass is 246 g/mol. The average molecular weight is 246 g/mol. The van der Waals surface area contributed by atoms with Crippen LogP contribution in [0, 0.1) is 11.8 Å². The predicted octanol–water partition coefficient (Wildman–Crippen LogP) is 0.278. The molecule has 0 aliphatic carbocycles. The number of carbonyl (C=O) groups is 4. The van der Waals surface area contributed by atoms with E-state index in [1.54, 1.807) is 6.92 Å². The van der Waals surface area contributed by atoms with Crippen molar-refractivity contribution in [1.29, 1.82) is 0 Å². The van der Waals surface area contributed by atoms with Crippen molar-refractivity contribution >= 4 is 23.9 Å². The number of hydrogen-bond acceptors (Lipinski definition) is 5.